The number of hydrogen-bond acceptors (Lipinski definition) is 10. The van der Waals surface area contributed by atoms with Gasteiger partial charge in [-0.25, -0.2) is 28.5 Å². The Labute approximate surface area is 244 Å². The van der Waals surface area contributed by atoms with Crippen LogP contribution in [0.3, 0.4) is 0 Å². The summed E-state index contributed by atoms with van der Waals surface area (Å²) < 4.78 is 42.3. The first-order chi connectivity index (χ1) is 20.7. The second-order valence-corrected chi connectivity index (χ2v) is 12.2. The average Bonchev–Trinajstić information content (AvgIpc) is 3.78. The minimum absolute atomic E-state index is 0.0149. The first-order valence-corrected chi connectivity index (χ1v) is 14.6. The van der Waals surface area contributed by atoms with E-state index in [-0.39, 0.29) is 53.0 Å². The molecule has 1 aliphatic carbocycles. The Hall–Kier alpha value is -3.95. The van der Waals surface area contributed by atoms with Crippen LogP contribution >= 0.6 is 0 Å². The topological polar surface area (TPSA) is 158 Å². The predicted octanol–water partition coefficient (Wildman–Crippen LogP) is 1.56. The number of carbonyl (C=O) groups excluding carboxylic acids is 2. The molecule has 15 heteroatoms. The Balaban J connectivity index is 0.915. The van der Waals surface area contributed by atoms with E-state index < -0.39 is 29.4 Å². The number of rotatable bonds is 4. The molecule has 1 aromatic carbocycles. The molecule has 0 saturated carbocycles. The Morgan fingerprint density at radius 2 is 1.91 bits per heavy atom. The molecule has 3 atom stereocenters. The number of nitrogens with zero attached hydrogens (tertiary/aromatic N) is 5. The monoisotopic (exact) mass is 596 g/mol. The molecule has 4 aliphatic heterocycles. The summed E-state index contributed by atoms with van der Waals surface area (Å²) in [6, 6.07) is -0.263. The molecular formula is C28H30F2N8O5. The van der Waals surface area contributed by atoms with E-state index in [1.165, 1.54) is 11.1 Å². The van der Waals surface area contributed by atoms with E-state index in [0.29, 0.717) is 81.8 Å². The van der Waals surface area contributed by atoms with Gasteiger partial charge in [-0.05, 0) is 36.3 Å². The van der Waals surface area contributed by atoms with Gasteiger partial charge in [-0.15, -0.1) is 0 Å². The fourth-order valence-corrected chi connectivity index (χ4v) is 7.12. The predicted molar refractivity (Wildman–Crippen MR) is 147 cm³/mol. The van der Waals surface area contributed by atoms with Gasteiger partial charge in [-0.3, -0.25) is 9.69 Å². The summed E-state index contributed by atoms with van der Waals surface area (Å²) >= 11 is 0. The molecule has 8 rings (SSSR count). The van der Waals surface area contributed by atoms with Crippen LogP contribution in [0.5, 0.6) is 5.88 Å². The van der Waals surface area contributed by atoms with Crippen LogP contribution in [0.2, 0.25) is 0 Å². The lowest BCUT2D eigenvalue weighted by atomic mass is 9.90. The number of hydrogen-bond donors (Lipinski definition) is 4. The number of nitrogens with one attached hydrogen (secondary N) is 3. The van der Waals surface area contributed by atoms with Gasteiger partial charge in [-0.1, -0.05) is 0 Å². The average molecular weight is 597 g/mol. The third-order valence-electron chi connectivity index (χ3n) is 9.32. The lowest BCUT2D eigenvalue weighted by Gasteiger charge is -2.38. The van der Waals surface area contributed by atoms with Crippen LogP contribution in [0.1, 0.15) is 42.3 Å². The van der Waals surface area contributed by atoms with E-state index in [9.17, 15) is 14.7 Å². The van der Waals surface area contributed by atoms with Crippen molar-refractivity contribution in [3.05, 3.63) is 34.8 Å². The molecule has 3 fully saturated rings. The third-order valence-corrected chi connectivity index (χ3v) is 9.32. The highest BCUT2D eigenvalue weighted by atomic mass is 19.1. The van der Waals surface area contributed by atoms with E-state index in [0.717, 1.165) is 0 Å². The summed E-state index contributed by atoms with van der Waals surface area (Å²) in [6.45, 7) is 2.61. The highest BCUT2D eigenvalue weighted by Crippen LogP contribution is 2.39. The minimum atomic E-state index is -0.672. The number of β-amino-alcohol motifs (C(OH)–C–C–N with tert-alkyl or cyclic N) is 1. The summed E-state index contributed by atoms with van der Waals surface area (Å²) in [5.74, 6) is -0.120. The van der Waals surface area contributed by atoms with Crippen LogP contribution in [-0.2, 0) is 22.4 Å². The van der Waals surface area contributed by atoms with E-state index in [2.05, 4.69) is 35.5 Å². The zero-order valence-corrected chi connectivity index (χ0v) is 23.2. The number of amides is 2. The summed E-state index contributed by atoms with van der Waals surface area (Å²) in [4.78, 5) is 44.0. The Bertz CT molecular complexity index is 1610. The van der Waals surface area contributed by atoms with Crippen molar-refractivity contribution in [2.45, 2.75) is 49.9 Å². The number of imidazole rings is 1. The number of anilines is 2. The summed E-state index contributed by atoms with van der Waals surface area (Å²) in [7, 11) is 0. The molecular weight excluding hydrogens is 566 g/mol. The number of fused-ring (bicyclic) bond motifs is 3. The zero-order chi connectivity index (χ0) is 29.5. The van der Waals surface area contributed by atoms with Crippen molar-refractivity contribution in [3.8, 4) is 5.88 Å². The van der Waals surface area contributed by atoms with Crippen LogP contribution in [0.15, 0.2) is 6.20 Å². The molecule has 3 aromatic rings. The van der Waals surface area contributed by atoms with Gasteiger partial charge in [0.2, 0.25) is 0 Å². The second kappa shape index (κ2) is 9.79. The van der Waals surface area contributed by atoms with Gasteiger partial charge in [0.25, 0.3) is 11.8 Å². The van der Waals surface area contributed by atoms with Crippen LogP contribution in [-0.4, -0.2) is 93.0 Å². The molecule has 4 N–H and O–H groups in total. The van der Waals surface area contributed by atoms with Crippen molar-refractivity contribution in [2.24, 2.45) is 5.92 Å². The maximum atomic E-state index is 15.6. The number of ether oxygens (including phenoxy) is 2. The molecule has 1 unspecified atom stereocenters. The van der Waals surface area contributed by atoms with Crippen molar-refractivity contribution in [2.75, 3.05) is 49.5 Å². The maximum absolute atomic E-state index is 15.6. The standard InChI is InChI=1S/C28H30F2N8O5/c29-20-15-5-13(6-16(15)21(30)23-22(20)35-24(36-23)17-7-14(39)8-31-17)10-37-3-1-28(2-4-37)12-38(27(41)43-28)18-9-32-26-25(33-18)34-19(40)11-42-26/h9,13-14,17,31,39H,1-8,10-12H2,(H,35,36)(H,33,34,40)/t14-,17-/m0/s1. The number of piperidine rings is 1. The largest absolute Gasteiger partial charge is 0.465 e. The normalized spacial score (nSPS) is 25.2. The van der Waals surface area contributed by atoms with Gasteiger partial charge in [0.05, 0.1) is 24.9 Å². The van der Waals surface area contributed by atoms with E-state index in [4.69, 9.17) is 9.47 Å². The summed E-state index contributed by atoms with van der Waals surface area (Å²) in [6.07, 6.45) is 2.92. The first-order valence-electron chi connectivity index (χ1n) is 14.6. The van der Waals surface area contributed by atoms with Crippen LogP contribution < -0.4 is 20.3 Å². The number of H-pyrrole nitrogens is 1. The number of aliphatic hydroxyl groups is 1. The molecule has 6 heterocycles. The number of aromatic amines is 1. The fourth-order valence-electron chi connectivity index (χ4n) is 7.12. The van der Waals surface area contributed by atoms with Gasteiger partial charge >= 0.3 is 6.09 Å². The van der Waals surface area contributed by atoms with Gasteiger partial charge in [0.15, 0.2) is 29.9 Å². The molecule has 2 amide bonds. The smallest absolute Gasteiger partial charge is 0.416 e. The number of aromatic nitrogens is 4. The van der Waals surface area contributed by atoms with Crippen LogP contribution in [0.4, 0.5) is 25.2 Å². The highest BCUT2D eigenvalue weighted by molar-refractivity contribution is 5.95. The highest BCUT2D eigenvalue weighted by Gasteiger charge is 2.48. The fraction of sp³-hybridized carbons (Fsp3) is 0.536. The molecule has 43 heavy (non-hydrogen) atoms. The van der Waals surface area contributed by atoms with Gasteiger partial charge in [-0.2, -0.15) is 0 Å². The number of likely N-dealkylation sites (tertiary alicyclic amines) is 1. The van der Waals surface area contributed by atoms with Crippen LogP contribution in [0.25, 0.3) is 11.0 Å². The Morgan fingerprint density at radius 3 is 2.67 bits per heavy atom. The lowest BCUT2D eigenvalue weighted by Crippen LogP contribution is -2.48. The molecule has 1 spiro atoms. The molecule has 13 nitrogen and oxygen atoms in total. The van der Waals surface area contributed by atoms with Crippen LogP contribution in [0, 0.1) is 17.6 Å². The van der Waals surface area contributed by atoms with Crippen molar-refractivity contribution in [3.63, 3.8) is 0 Å². The Morgan fingerprint density at radius 1 is 1.12 bits per heavy atom. The van der Waals surface area contributed by atoms with Gasteiger partial charge in [0.1, 0.15) is 22.5 Å². The molecule has 5 aliphatic rings. The van der Waals surface area contributed by atoms with Crippen molar-refractivity contribution in [1.82, 2.24) is 30.2 Å². The quantitative estimate of drug-likeness (QED) is 0.348. The molecule has 3 saturated heterocycles. The van der Waals surface area contributed by atoms with Crippen molar-refractivity contribution >= 4 is 34.7 Å². The minimum Gasteiger partial charge on any atom is -0.465 e. The van der Waals surface area contributed by atoms with Crippen molar-refractivity contribution in [1.29, 1.82) is 0 Å². The molecule has 0 radical (unpaired) electrons. The van der Waals surface area contributed by atoms with Crippen molar-refractivity contribution < 1.29 is 33.0 Å². The lowest BCUT2D eigenvalue weighted by molar-refractivity contribution is -0.118. The second-order valence-electron chi connectivity index (χ2n) is 12.2. The SMILES string of the molecule is O=C1COc2ncc(N3CC4(CCN(CC5Cc6c(c(F)c7[nH]c([C@@H]8C[C@H](O)CN8)nc7c6F)C5)CC4)OC3=O)nc2N1. The number of aliphatic hydroxyl groups excluding tert-OH is 1. The number of carbonyl (C=O) groups is 2. The Kier molecular flexibility index (Phi) is 6.07. The molecule has 2 aromatic heterocycles. The number of halogens is 2. The van der Waals surface area contributed by atoms with E-state index in [1.807, 2.05) is 0 Å². The van der Waals surface area contributed by atoms with Gasteiger partial charge < -0.3 is 35.1 Å². The first kappa shape index (κ1) is 26.7. The van der Waals surface area contributed by atoms with E-state index >= 15 is 8.78 Å². The van der Waals surface area contributed by atoms with E-state index in [1.54, 1.807) is 0 Å². The maximum Gasteiger partial charge on any atom is 0.416 e. The summed E-state index contributed by atoms with van der Waals surface area (Å²) in [5.41, 5.74) is 0.233. The summed E-state index contributed by atoms with van der Waals surface area (Å²) in [5, 5.41) is 15.5. The zero-order valence-electron chi connectivity index (χ0n) is 23.2. The molecule has 0 bridgehead atoms. The molecule has 226 valence electrons. The van der Waals surface area contributed by atoms with Gasteiger partial charge in [0, 0.05) is 39.0 Å². The third kappa shape index (κ3) is 4.48. The number of benzene rings is 1.